The number of likely N-dealkylation sites (tertiary alicyclic amines) is 1. The van der Waals surface area contributed by atoms with Crippen LogP contribution in [0.25, 0.3) is 0 Å². The van der Waals surface area contributed by atoms with E-state index in [-0.39, 0.29) is 34.7 Å². The van der Waals surface area contributed by atoms with Crippen LogP contribution in [0.1, 0.15) is 24.5 Å². The second-order valence-corrected chi connectivity index (χ2v) is 16.4. The summed E-state index contributed by atoms with van der Waals surface area (Å²) in [6.45, 7) is 0.348. The summed E-state index contributed by atoms with van der Waals surface area (Å²) in [5.74, 6) is -3.37. The van der Waals surface area contributed by atoms with Gasteiger partial charge in [0, 0.05) is 18.6 Å². The van der Waals surface area contributed by atoms with Crippen LogP contribution < -0.4 is 21.2 Å². The standard InChI is InChI=1S/C41H35N4O10P/c1-28(46)25-36-37(42-41(49)55-27-30-16-12-14-24-35(30)45(52)53)38(47)43(36)39(40(48)54-26-29-15-11-13-23-34(29)44(50)51)56(31-17-5-2-6-18-31,32-19-7-3-8-20-32)33-21-9-4-10-22-33/h2-24,36-37,39H,25-27H2,1H3/p+1. The van der Waals surface area contributed by atoms with Crippen molar-refractivity contribution < 1.29 is 38.5 Å². The Bertz CT molecular complexity index is 2160. The summed E-state index contributed by atoms with van der Waals surface area (Å²) in [5.41, 5.74) is -0.265. The van der Waals surface area contributed by atoms with Crippen LogP contribution in [-0.2, 0) is 37.1 Å². The summed E-state index contributed by atoms with van der Waals surface area (Å²) >= 11 is 0. The quantitative estimate of drug-likeness (QED) is 0.0477. The van der Waals surface area contributed by atoms with Gasteiger partial charge < -0.3 is 14.8 Å². The molecule has 0 radical (unpaired) electrons. The van der Waals surface area contributed by atoms with E-state index >= 15 is 4.79 Å². The van der Waals surface area contributed by atoms with E-state index < -0.39 is 66.2 Å². The van der Waals surface area contributed by atoms with Gasteiger partial charge in [-0.2, -0.15) is 0 Å². The number of amides is 2. The molecule has 56 heavy (non-hydrogen) atoms. The molecule has 1 fully saturated rings. The molecule has 0 aliphatic carbocycles. The largest absolute Gasteiger partial charge is 0.456 e. The number of ether oxygens (including phenoxy) is 2. The molecule has 1 aliphatic heterocycles. The number of nitrogens with one attached hydrogen (secondary N) is 1. The predicted molar refractivity (Wildman–Crippen MR) is 208 cm³/mol. The first-order valence-electron chi connectivity index (χ1n) is 17.5. The van der Waals surface area contributed by atoms with Crippen molar-refractivity contribution in [1.29, 1.82) is 0 Å². The Balaban J connectivity index is 1.46. The number of rotatable bonds is 15. The highest BCUT2D eigenvalue weighted by atomic mass is 31.2. The number of Topliss-reactive ketones (excluding diaryl/α,β-unsaturated/α-hetero) is 1. The number of para-hydroxylation sites is 2. The molecule has 2 amide bonds. The van der Waals surface area contributed by atoms with Crippen LogP contribution in [0.5, 0.6) is 0 Å². The van der Waals surface area contributed by atoms with Crippen molar-refractivity contribution in [3.8, 4) is 0 Å². The summed E-state index contributed by atoms with van der Waals surface area (Å²) < 4.78 is 11.3. The summed E-state index contributed by atoms with van der Waals surface area (Å²) in [7, 11) is -3.36. The van der Waals surface area contributed by atoms with Crippen molar-refractivity contribution in [2.24, 2.45) is 0 Å². The number of alkyl carbamates (subject to hydrolysis) is 1. The van der Waals surface area contributed by atoms with Gasteiger partial charge in [0.2, 0.25) is 0 Å². The van der Waals surface area contributed by atoms with Gasteiger partial charge in [0.05, 0.1) is 27.0 Å². The zero-order valence-electron chi connectivity index (χ0n) is 30.0. The number of nitro benzene ring substituents is 2. The fraction of sp³-hybridized carbons (Fsp3) is 0.171. The molecule has 284 valence electrons. The van der Waals surface area contributed by atoms with Gasteiger partial charge in [-0.3, -0.25) is 34.7 Å². The Morgan fingerprint density at radius 2 is 1.09 bits per heavy atom. The zero-order valence-corrected chi connectivity index (χ0v) is 30.9. The molecule has 1 N–H and O–H groups in total. The third-order valence-corrected chi connectivity index (χ3v) is 14.0. The summed E-state index contributed by atoms with van der Waals surface area (Å²) in [5, 5.41) is 28.0. The first kappa shape index (κ1) is 38.9. The minimum absolute atomic E-state index is 0.124. The Morgan fingerprint density at radius 3 is 1.52 bits per heavy atom. The third kappa shape index (κ3) is 7.87. The van der Waals surface area contributed by atoms with Gasteiger partial charge in [-0.05, 0) is 55.5 Å². The molecule has 1 heterocycles. The average molecular weight is 776 g/mol. The molecule has 0 aromatic heterocycles. The van der Waals surface area contributed by atoms with Gasteiger partial charge in [-0.15, -0.1) is 0 Å². The van der Waals surface area contributed by atoms with Gasteiger partial charge in [-0.1, -0.05) is 78.9 Å². The lowest BCUT2D eigenvalue weighted by atomic mass is 9.90. The van der Waals surface area contributed by atoms with E-state index in [9.17, 15) is 34.6 Å². The SMILES string of the molecule is CC(=O)CC1C(NC(=O)OCc2ccccc2[N+](=O)[O-])C(=O)N1C(C(=O)OCc1ccccc1[N+](=O)[O-])[P+](c1ccccc1)(c1ccccc1)c1ccccc1. The molecule has 3 atom stereocenters. The van der Waals surface area contributed by atoms with Crippen molar-refractivity contribution in [2.45, 2.75) is 44.4 Å². The fourth-order valence-corrected chi connectivity index (χ4v) is 11.7. The molecule has 6 rings (SSSR count). The molecule has 15 heteroatoms. The number of hydrogen-bond acceptors (Lipinski definition) is 10. The minimum atomic E-state index is -3.36. The summed E-state index contributed by atoms with van der Waals surface area (Å²) in [6.07, 6.45) is -1.34. The molecular formula is C41H36N4O10P+. The maximum atomic E-state index is 15.0. The Labute approximate surface area is 321 Å². The van der Waals surface area contributed by atoms with Crippen molar-refractivity contribution in [1.82, 2.24) is 10.2 Å². The van der Waals surface area contributed by atoms with Gasteiger partial charge in [-0.25, -0.2) is 9.59 Å². The Kier molecular flexibility index (Phi) is 11.9. The molecule has 0 saturated carbocycles. The molecule has 0 bridgehead atoms. The predicted octanol–water partition coefficient (Wildman–Crippen LogP) is 5.35. The van der Waals surface area contributed by atoms with Crippen LogP contribution >= 0.6 is 7.26 Å². The second-order valence-electron chi connectivity index (χ2n) is 12.9. The summed E-state index contributed by atoms with van der Waals surface area (Å²) in [6, 6.07) is 36.6. The number of benzene rings is 5. The number of carbonyl (C=O) groups is 4. The highest BCUT2D eigenvalue weighted by Crippen LogP contribution is 2.62. The van der Waals surface area contributed by atoms with E-state index in [1.165, 1.54) is 48.2 Å². The lowest BCUT2D eigenvalue weighted by Gasteiger charge is -2.51. The number of carbonyl (C=O) groups excluding carboxylic acids is 4. The smallest absolute Gasteiger partial charge is 0.408 e. The van der Waals surface area contributed by atoms with Crippen LogP contribution in [0.4, 0.5) is 16.2 Å². The fourth-order valence-electron chi connectivity index (χ4n) is 7.01. The highest BCUT2D eigenvalue weighted by molar-refractivity contribution is 7.96. The number of β-lactam (4-membered cyclic amide) rings is 1. The van der Waals surface area contributed by atoms with Crippen LogP contribution in [0.15, 0.2) is 140 Å². The number of hydrogen-bond donors (Lipinski definition) is 1. The number of ketones is 1. The van der Waals surface area contributed by atoms with Crippen LogP contribution in [-0.4, -0.2) is 56.4 Å². The topological polar surface area (TPSA) is 188 Å². The van der Waals surface area contributed by atoms with Gasteiger partial charge in [0.1, 0.15) is 48.2 Å². The highest BCUT2D eigenvalue weighted by Gasteiger charge is 2.66. The Morgan fingerprint density at radius 1 is 0.679 bits per heavy atom. The lowest BCUT2D eigenvalue weighted by Crippen LogP contribution is -2.75. The first-order chi connectivity index (χ1) is 27.0. The van der Waals surface area contributed by atoms with Gasteiger partial charge in [0.25, 0.3) is 23.1 Å². The monoisotopic (exact) mass is 775 g/mol. The first-order valence-corrected chi connectivity index (χ1v) is 19.3. The molecule has 0 spiro atoms. The minimum Gasteiger partial charge on any atom is -0.456 e. The van der Waals surface area contributed by atoms with E-state index in [4.69, 9.17) is 9.47 Å². The van der Waals surface area contributed by atoms with Crippen LogP contribution in [0, 0.1) is 20.2 Å². The number of esters is 1. The molecule has 1 saturated heterocycles. The van der Waals surface area contributed by atoms with Crippen LogP contribution in [0.2, 0.25) is 0 Å². The second kappa shape index (κ2) is 17.1. The molecule has 5 aromatic rings. The van der Waals surface area contributed by atoms with E-state index in [0.717, 1.165) is 0 Å². The summed E-state index contributed by atoms with van der Waals surface area (Å²) in [4.78, 5) is 79.2. The average Bonchev–Trinajstić information content (AvgIpc) is 3.22. The number of nitro groups is 2. The third-order valence-electron chi connectivity index (χ3n) is 9.47. The molecular weight excluding hydrogens is 739 g/mol. The van der Waals surface area contributed by atoms with Crippen molar-refractivity contribution in [3.63, 3.8) is 0 Å². The maximum absolute atomic E-state index is 15.0. The molecule has 1 aliphatic rings. The van der Waals surface area contributed by atoms with E-state index in [0.29, 0.717) is 15.9 Å². The normalized spacial score (nSPS) is 15.5. The molecule has 5 aromatic carbocycles. The van der Waals surface area contributed by atoms with Crippen molar-refractivity contribution >= 4 is 58.3 Å². The van der Waals surface area contributed by atoms with Crippen molar-refractivity contribution in [3.05, 3.63) is 171 Å². The number of nitrogens with zero attached hydrogens (tertiary/aromatic N) is 3. The van der Waals surface area contributed by atoms with E-state index in [1.807, 2.05) is 91.0 Å². The van der Waals surface area contributed by atoms with Gasteiger partial charge >= 0.3 is 12.1 Å². The zero-order chi connectivity index (χ0) is 39.8. The molecule has 3 unspecified atom stereocenters. The van der Waals surface area contributed by atoms with Crippen molar-refractivity contribution in [2.75, 3.05) is 0 Å². The van der Waals surface area contributed by atoms with E-state index in [2.05, 4.69) is 5.32 Å². The molecule has 14 nitrogen and oxygen atoms in total. The maximum Gasteiger partial charge on any atom is 0.408 e. The van der Waals surface area contributed by atoms with E-state index in [1.54, 1.807) is 12.1 Å². The van der Waals surface area contributed by atoms with Crippen LogP contribution in [0.3, 0.4) is 0 Å². The Hall–Kier alpha value is -6.79. The van der Waals surface area contributed by atoms with Gasteiger partial charge in [0.15, 0.2) is 0 Å². The lowest BCUT2D eigenvalue weighted by molar-refractivity contribution is -0.386.